The van der Waals surface area contributed by atoms with Gasteiger partial charge in [0.25, 0.3) is 0 Å². The van der Waals surface area contributed by atoms with E-state index in [1.54, 1.807) is 54.6 Å². The number of aromatic nitrogens is 4. The van der Waals surface area contributed by atoms with Crippen LogP contribution in [-0.4, -0.2) is 104 Å². The number of carbonyl (C=O) groups is 6. The molecule has 73 heavy (non-hydrogen) atoms. The number of carbonyl (C=O) groups excluding carboxylic acids is 6. The van der Waals surface area contributed by atoms with Gasteiger partial charge in [0.15, 0.2) is 17.0 Å². The van der Waals surface area contributed by atoms with Gasteiger partial charge < -0.3 is 40.5 Å². The number of imidazole rings is 1. The van der Waals surface area contributed by atoms with E-state index >= 15 is 0 Å². The molecule has 4 heterocycles. The predicted octanol–water partition coefficient (Wildman–Crippen LogP) is 5.86. The number of nitrogens with one attached hydrogen (secondary N) is 4. The molecule has 1 saturated heterocycles. The molecule has 3 aromatic carbocycles. The first-order chi connectivity index (χ1) is 35.2. The normalized spacial score (nSPS) is 15.4. The molecule has 0 saturated carbocycles. The molecule has 0 spiro atoms. The number of fused-ring (bicyclic) bond motifs is 3. The summed E-state index contributed by atoms with van der Waals surface area (Å²) in [6.07, 6.45) is 4.31. The molecule has 6 amide bonds. The quantitative estimate of drug-likeness (QED) is 0.0309. The summed E-state index contributed by atoms with van der Waals surface area (Å²) in [5, 5.41) is 10.9. The van der Waals surface area contributed by atoms with Crippen molar-refractivity contribution in [2.24, 2.45) is 5.92 Å². The van der Waals surface area contributed by atoms with Crippen LogP contribution < -0.4 is 26.2 Å². The van der Waals surface area contributed by atoms with Crippen molar-refractivity contribution in [1.29, 1.82) is 0 Å². The van der Waals surface area contributed by atoms with E-state index in [9.17, 15) is 33.3 Å². The lowest BCUT2D eigenvalue weighted by Crippen LogP contribution is -2.51. The van der Waals surface area contributed by atoms with E-state index in [0.29, 0.717) is 61.1 Å². The number of hydrogen-bond donors (Lipinski definition) is 5. The second kappa shape index (κ2) is 25.7. The van der Waals surface area contributed by atoms with Crippen molar-refractivity contribution < 1.29 is 52.2 Å². The summed E-state index contributed by atoms with van der Waals surface area (Å²) < 4.78 is 28.8. The first kappa shape index (κ1) is 53.2. The lowest BCUT2D eigenvalue weighted by atomic mass is 10.0. The standard InChI is InChI=1S/C51H57N10O11P/c1-33(2)46(57-41(62)15-8-9-17-44(65)60-28-37-13-5-4-11-35(37)20-21-36-12-6-7-14-40(36)60)50(66)52-27-43(64)56-38-22-18-34(19-23-38)29-70-51(67)59(3)26-10-16-42(63)58-48-47-49(54-31-53-48)61(32-55-47)45-25-24-39(72-45)30-71-73(68)69/h4-7,11-14,18-19,22-23,31-33,39,45-46H,8-10,15-17,24-30H2,1-3H3,(H4-,52,53,54,56,57,58,62,63,64,66,68,69)/p+1/t39-,45+,46?/m0/s1. The van der Waals surface area contributed by atoms with E-state index in [1.807, 2.05) is 48.5 Å². The molecule has 5 aromatic rings. The maximum atomic E-state index is 13.6. The Labute approximate surface area is 422 Å². The molecule has 0 aliphatic carbocycles. The van der Waals surface area contributed by atoms with Crippen molar-refractivity contribution in [2.45, 2.75) is 96.7 Å². The van der Waals surface area contributed by atoms with Gasteiger partial charge in [-0.25, -0.2) is 19.7 Å². The van der Waals surface area contributed by atoms with Gasteiger partial charge in [-0.15, -0.1) is 9.42 Å². The maximum Gasteiger partial charge on any atom is 0.694 e. The Morgan fingerprint density at radius 3 is 2.37 bits per heavy atom. The molecule has 21 nitrogen and oxygen atoms in total. The third kappa shape index (κ3) is 15.0. The molecular formula is C51H58N10O11P+. The van der Waals surface area contributed by atoms with Crippen LogP contribution >= 0.6 is 8.25 Å². The van der Waals surface area contributed by atoms with Crippen molar-refractivity contribution in [1.82, 2.24) is 35.1 Å². The lowest BCUT2D eigenvalue weighted by molar-refractivity contribution is -0.130. The molecule has 0 bridgehead atoms. The Kier molecular flexibility index (Phi) is 18.7. The second-order valence-corrected chi connectivity index (χ2v) is 18.6. The maximum absolute atomic E-state index is 13.6. The highest BCUT2D eigenvalue weighted by Gasteiger charge is 2.31. The van der Waals surface area contributed by atoms with Crippen LogP contribution in [0.25, 0.3) is 11.2 Å². The minimum Gasteiger partial charge on any atom is -0.445 e. The third-order valence-electron chi connectivity index (χ3n) is 12.1. The summed E-state index contributed by atoms with van der Waals surface area (Å²) in [5.74, 6) is 4.62. The Hall–Kier alpha value is -7.63. The van der Waals surface area contributed by atoms with E-state index in [-0.39, 0.29) is 81.1 Å². The molecule has 2 aliphatic rings. The Morgan fingerprint density at radius 1 is 0.863 bits per heavy atom. The van der Waals surface area contributed by atoms with Gasteiger partial charge in [0.1, 0.15) is 31.8 Å². The van der Waals surface area contributed by atoms with Crippen molar-refractivity contribution in [3.05, 3.63) is 108 Å². The predicted molar refractivity (Wildman–Crippen MR) is 268 cm³/mol. The number of ether oxygens (including phenoxy) is 2. The molecule has 2 aliphatic heterocycles. The van der Waals surface area contributed by atoms with Crippen LogP contribution in [0, 0.1) is 17.8 Å². The van der Waals surface area contributed by atoms with Gasteiger partial charge in [0, 0.05) is 54.2 Å². The van der Waals surface area contributed by atoms with Gasteiger partial charge in [0.2, 0.25) is 29.5 Å². The van der Waals surface area contributed by atoms with Crippen molar-refractivity contribution >= 4 is 72.2 Å². The molecule has 0 radical (unpaired) electrons. The summed E-state index contributed by atoms with van der Waals surface area (Å²) in [7, 11) is -1.17. The van der Waals surface area contributed by atoms with Crippen LogP contribution in [0.3, 0.4) is 0 Å². The molecule has 5 N–H and O–H groups in total. The number of unbranched alkanes of at least 4 members (excludes halogenated alkanes) is 1. The van der Waals surface area contributed by atoms with Crippen molar-refractivity contribution in [3.8, 4) is 11.8 Å². The largest absolute Gasteiger partial charge is 0.694 e. The summed E-state index contributed by atoms with van der Waals surface area (Å²) in [6, 6.07) is 21.1. The highest BCUT2D eigenvalue weighted by Crippen LogP contribution is 2.33. The highest BCUT2D eigenvalue weighted by atomic mass is 31.1. The zero-order valence-corrected chi connectivity index (χ0v) is 41.6. The van der Waals surface area contributed by atoms with Crippen molar-refractivity contribution in [3.63, 3.8) is 0 Å². The molecule has 1 fully saturated rings. The molecule has 22 heteroatoms. The first-order valence-corrected chi connectivity index (χ1v) is 25.1. The average Bonchev–Trinajstić information content (AvgIpc) is 4.04. The number of rotatable bonds is 22. The molecular weight excluding hydrogens is 960 g/mol. The Morgan fingerprint density at radius 2 is 1.59 bits per heavy atom. The minimum atomic E-state index is -2.72. The highest BCUT2D eigenvalue weighted by molar-refractivity contribution is 7.32. The van der Waals surface area contributed by atoms with Crippen LogP contribution in [0.1, 0.15) is 93.7 Å². The number of para-hydroxylation sites is 1. The van der Waals surface area contributed by atoms with E-state index in [2.05, 4.69) is 48.1 Å². The Bertz CT molecular complexity index is 2880. The second-order valence-electron chi connectivity index (χ2n) is 17.9. The fourth-order valence-electron chi connectivity index (χ4n) is 8.18. The van der Waals surface area contributed by atoms with E-state index in [1.165, 1.54) is 17.6 Å². The van der Waals surface area contributed by atoms with Crippen LogP contribution in [-0.2, 0) is 55.7 Å². The summed E-state index contributed by atoms with van der Waals surface area (Å²) in [6.45, 7) is 3.79. The number of anilines is 3. The number of benzene rings is 3. The van der Waals surface area contributed by atoms with Gasteiger partial charge in [0.05, 0.1) is 31.2 Å². The zero-order chi connectivity index (χ0) is 51.9. The van der Waals surface area contributed by atoms with Gasteiger partial charge in [-0.1, -0.05) is 68.2 Å². The van der Waals surface area contributed by atoms with Gasteiger partial charge in [-0.3, -0.25) is 28.5 Å². The molecule has 382 valence electrons. The van der Waals surface area contributed by atoms with Crippen molar-refractivity contribution in [2.75, 3.05) is 42.3 Å². The van der Waals surface area contributed by atoms with Gasteiger partial charge >= 0.3 is 14.3 Å². The zero-order valence-electron chi connectivity index (χ0n) is 40.7. The van der Waals surface area contributed by atoms with E-state index in [4.69, 9.17) is 18.9 Å². The minimum absolute atomic E-state index is 0.0196. The molecule has 2 unspecified atom stereocenters. The fraction of sp³-hybridized carbons (Fsp3) is 0.392. The van der Waals surface area contributed by atoms with Crippen LogP contribution in [0.4, 0.5) is 22.0 Å². The number of hydrogen-bond acceptors (Lipinski definition) is 13. The number of nitrogens with zero attached hydrogens (tertiary/aromatic N) is 6. The monoisotopic (exact) mass is 1020 g/mol. The summed E-state index contributed by atoms with van der Waals surface area (Å²) in [4.78, 5) is 103. The van der Waals surface area contributed by atoms with Crippen LogP contribution in [0.15, 0.2) is 85.5 Å². The SMILES string of the molecule is CC(C)C(NC(=O)CCCCC(=O)N1Cc2ccccc2C#Cc2ccccc21)C(=O)NCC(=O)Nc1ccc(COC(=O)N(C)CCCC(=O)Nc2ncnc3c2ncn3[C@H]2CC[C@@H](CO[P+](=O)O)O2)cc1. The summed E-state index contributed by atoms with van der Waals surface area (Å²) >= 11 is 0. The topological polar surface area (TPSA) is 266 Å². The lowest BCUT2D eigenvalue weighted by Gasteiger charge is -2.26. The molecule has 7 rings (SSSR count). The van der Waals surface area contributed by atoms with E-state index < -0.39 is 38.4 Å². The summed E-state index contributed by atoms with van der Waals surface area (Å²) in [5.41, 5.74) is 5.26. The average molecular weight is 1020 g/mol. The first-order valence-electron chi connectivity index (χ1n) is 24.0. The van der Waals surface area contributed by atoms with Crippen LogP contribution in [0.5, 0.6) is 0 Å². The number of amides is 6. The third-order valence-corrected chi connectivity index (χ3v) is 12.5. The van der Waals surface area contributed by atoms with Gasteiger partial charge in [-0.2, -0.15) is 0 Å². The van der Waals surface area contributed by atoms with E-state index in [0.717, 1.165) is 22.4 Å². The molecule has 4 atom stereocenters. The van der Waals surface area contributed by atoms with Gasteiger partial charge in [-0.05, 0) is 79.5 Å². The fourth-order valence-corrected chi connectivity index (χ4v) is 8.48. The smallest absolute Gasteiger partial charge is 0.445 e. The Balaban J connectivity index is 0.768. The molecule has 2 aromatic heterocycles. The van der Waals surface area contributed by atoms with Crippen LogP contribution in [0.2, 0.25) is 0 Å².